The van der Waals surface area contributed by atoms with Crippen LogP contribution < -0.4 is 10.6 Å². The monoisotopic (exact) mass is 254 g/mol. The Morgan fingerprint density at radius 1 is 1.33 bits per heavy atom. The van der Waals surface area contributed by atoms with Crippen LogP contribution in [0.3, 0.4) is 0 Å². The lowest BCUT2D eigenvalue weighted by atomic mass is 9.90. The van der Waals surface area contributed by atoms with Gasteiger partial charge in [0.2, 0.25) is 5.91 Å². The number of halogens is 2. The van der Waals surface area contributed by atoms with Gasteiger partial charge in [-0.25, -0.2) is 8.78 Å². The molecule has 1 fully saturated rings. The molecular weight excluding hydrogens is 238 g/mol. The predicted molar refractivity (Wildman–Crippen MR) is 65.2 cm³/mol. The molecule has 2 rings (SSSR count). The van der Waals surface area contributed by atoms with Crippen molar-refractivity contribution in [3.05, 3.63) is 29.8 Å². The molecule has 1 unspecified atom stereocenters. The maximum absolute atomic E-state index is 13.4. The highest BCUT2D eigenvalue weighted by Crippen LogP contribution is 2.23. The highest BCUT2D eigenvalue weighted by atomic mass is 19.1. The first kappa shape index (κ1) is 13.0. The summed E-state index contributed by atoms with van der Waals surface area (Å²) in [5.41, 5.74) is -1.14. The number of anilines is 1. The zero-order valence-electron chi connectivity index (χ0n) is 10.2. The van der Waals surface area contributed by atoms with Crippen molar-refractivity contribution in [2.24, 2.45) is 0 Å². The van der Waals surface area contributed by atoms with Gasteiger partial charge in [-0.05, 0) is 44.9 Å². The van der Waals surface area contributed by atoms with Crippen molar-refractivity contribution in [1.82, 2.24) is 5.32 Å². The first-order chi connectivity index (χ1) is 8.53. The third kappa shape index (κ3) is 2.51. The average molecular weight is 254 g/mol. The van der Waals surface area contributed by atoms with E-state index in [0.717, 1.165) is 31.5 Å². The molecule has 1 heterocycles. The Hall–Kier alpha value is -1.49. The Morgan fingerprint density at radius 2 is 2.00 bits per heavy atom. The van der Waals surface area contributed by atoms with Gasteiger partial charge in [-0.3, -0.25) is 4.79 Å². The van der Waals surface area contributed by atoms with E-state index in [-0.39, 0.29) is 5.69 Å². The van der Waals surface area contributed by atoms with E-state index in [1.807, 2.05) is 0 Å². The summed E-state index contributed by atoms with van der Waals surface area (Å²) in [4.78, 5) is 12.1. The molecule has 1 atom stereocenters. The number of benzene rings is 1. The Labute approximate surface area is 105 Å². The minimum atomic E-state index is -0.761. The van der Waals surface area contributed by atoms with Gasteiger partial charge in [0, 0.05) is 0 Å². The molecule has 3 nitrogen and oxygen atoms in total. The zero-order chi connectivity index (χ0) is 13.2. The minimum absolute atomic E-state index is 0.379. The largest absolute Gasteiger partial charge is 0.320 e. The summed E-state index contributed by atoms with van der Waals surface area (Å²) in [6.07, 6.45) is 2.60. The van der Waals surface area contributed by atoms with Crippen molar-refractivity contribution in [2.45, 2.75) is 31.7 Å². The molecule has 98 valence electrons. The third-order valence-electron chi connectivity index (χ3n) is 3.32. The number of rotatable bonds is 2. The van der Waals surface area contributed by atoms with Crippen LogP contribution in [0, 0.1) is 11.6 Å². The van der Waals surface area contributed by atoms with Gasteiger partial charge in [0.25, 0.3) is 0 Å². The summed E-state index contributed by atoms with van der Waals surface area (Å²) >= 11 is 0. The Morgan fingerprint density at radius 3 is 2.56 bits per heavy atom. The number of amides is 1. The van der Waals surface area contributed by atoms with Gasteiger partial charge in [0.1, 0.15) is 17.3 Å². The van der Waals surface area contributed by atoms with E-state index in [9.17, 15) is 13.6 Å². The predicted octanol–water partition coefficient (Wildman–Crippen LogP) is 2.44. The van der Waals surface area contributed by atoms with E-state index in [0.29, 0.717) is 6.42 Å². The van der Waals surface area contributed by atoms with Gasteiger partial charge >= 0.3 is 0 Å². The molecule has 1 saturated heterocycles. The fraction of sp³-hybridized carbons (Fsp3) is 0.462. The summed E-state index contributed by atoms with van der Waals surface area (Å²) in [6.45, 7) is 2.49. The number of nitrogens with one attached hydrogen (secondary N) is 2. The van der Waals surface area contributed by atoms with Crippen LogP contribution in [0.2, 0.25) is 0 Å². The molecule has 0 saturated carbocycles. The number of hydrogen-bond acceptors (Lipinski definition) is 2. The molecule has 0 aromatic heterocycles. The van der Waals surface area contributed by atoms with E-state index in [4.69, 9.17) is 0 Å². The van der Waals surface area contributed by atoms with E-state index in [1.54, 1.807) is 6.92 Å². The summed E-state index contributed by atoms with van der Waals surface area (Å²) in [7, 11) is 0. The second-order valence-corrected chi connectivity index (χ2v) is 4.77. The molecule has 1 aliphatic heterocycles. The summed E-state index contributed by atoms with van der Waals surface area (Å²) in [5, 5.41) is 5.43. The smallest absolute Gasteiger partial charge is 0.244 e. The summed E-state index contributed by atoms with van der Waals surface area (Å²) < 4.78 is 26.9. The van der Waals surface area contributed by atoms with Gasteiger partial charge in [0.05, 0.1) is 5.54 Å². The molecule has 1 aromatic carbocycles. The van der Waals surface area contributed by atoms with Crippen molar-refractivity contribution in [3.63, 3.8) is 0 Å². The molecule has 5 heteroatoms. The minimum Gasteiger partial charge on any atom is -0.320 e. The van der Waals surface area contributed by atoms with Crippen molar-refractivity contribution in [2.75, 3.05) is 11.9 Å². The molecule has 1 amide bonds. The topological polar surface area (TPSA) is 41.1 Å². The van der Waals surface area contributed by atoms with Crippen molar-refractivity contribution >= 4 is 11.6 Å². The zero-order valence-corrected chi connectivity index (χ0v) is 10.2. The van der Waals surface area contributed by atoms with E-state index in [1.165, 1.54) is 6.07 Å². The number of para-hydroxylation sites is 1. The Bertz CT molecular complexity index is 436. The molecule has 2 N–H and O–H groups in total. The van der Waals surface area contributed by atoms with Crippen LogP contribution in [0.4, 0.5) is 14.5 Å². The average Bonchev–Trinajstić information content (AvgIpc) is 2.34. The quantitative estimate of drug-likeness (QED) is 0.851. The van der Waals surface area contributed by atoms with E-state index in [2.05, 4.69) is 10.6 Å². The van der Waals surface area contributed by atoms with Crippen LogP contribution in [-0.2, 0) is 4.79 Å². The number of carbonyl (C=O) groups excluding carboxylic acids is 1. The normalized spacial score (nSPS) is 23.7. The summed E-state index contributed by atoms with van der Waals surface area (Å²) in [5.74, 6) is -1.92. The lowest BCUT2D eigenvalue weighted by Gasteiger charge is -2.33. The molecular formula is C13H16F2N2O. The van der Waals surface area contributed by atoms with E-state index < -0.39 is 23.1 Å². The highest BCUT2D eigenvalue weighted by Gasteiger charge is 2.34. The third-order valence-corrected chi connectivity index (χ3v) is 3.32. The molecule has 0 radical (unpaired) electrons. The Balaban J connectivity index is 2.16. The summed E-state index contributed by atoms with van der Waals surface area (Å²) in [6, 6.07) is 3.51. The maximum Gasteiger partial charge on any atom is 0.244 e. The highest BCUT2D eigenvalue weighted by molar-refractivity contribution is 5.98. The van der Waals surface area contributed by atoms with Crippen molar-refractivity contribution in [1.29, 1.82) is 0 Å². The van der Waals surface area contributed by atoms with E-state index >= 15 is 0 Å². The molecule has 0 spiro atoms. The fourth-order valence-corrected chi connectivity index (χ4v) is 2.12. The number of piperidine rings is 1. The first-order valence-corrected chi connectivity index (χ1v) is 6.03. The SMILES string of the molecule is CC1(C(=O)Nc2c(F)cccc2F)CCCCN1. The number of hydrogen-bond donors (Lipinski definition) is 2. The second-order valence-electron chi connectivity index (χ2n) is 4.77. The lowest BCUT2D eigenvalue weighted by Crippen LogP contribution is -2.54. The first-order valence-electron chi connectivity index (χ1n) is 6.03. The molecule has 18 heavy (non-hydrogen) atoms. The van der Waals surface area contributed by atoms with Gasteiger partial charge in [0.15, 0.2) is 0 Å². The Kier molecular flexibility index (Phi) is 3.61. The molecule has 1 aromatic rings. The molecule has 0 aliphatic carbocycles. The van der Waals surface area contributed by atoms with Gasteiger partial charge in [-0.1, -0.05) is 6.07 Å². The van der Waals surface area contributed by atoms with Crippen LogP contribution in [0.5, 0.6) is 0 Å². The van der Waals surface area contributed by atoms with Crippen LogP contribution in [0.25, 0.3) is 0 Å². The molecule has 1 aliphatic rings. The van der Waals surface area contributed by atoms with Crippen LogP contribution >= 0.6 is 0 Å². The van der Waals surface area contributed by atoms with Gasteiger partial charge < -0.3 is 10.6 Å². The van der Waals surface area contributed by atoms with Crippen LogP contribution in [-0.4, -0.2) is 18.0 Å². The van der Waals surface area contributed by atoms with Crippen LogP contribution in [0.1, 0.15) is 26.2 Å². The second kappa shape index (κ2) is 5.02. The van der Waals surface area contributed by atoms with Crippen molar-refractivity contribution < 1.29 is 13.6 Å². The van der Waals surface area contributed by atoms with Crippen LogP contribution in [0.15, 0.2) is 18.2 Å². The number of carbonyl (C=O) groups is 1. The van der Waals surface area contributed by atoms with Crippen molar-refractivity contribution in [3.8, 4) is 0 Å². The van der Waals surface area contributed by atoms with Gasteiger partial charge in [-0.2, -0.15) is 0 Å². The standard InChI is InChI=1S/C13H16F2N2O/c1-13(7-2-3-8-16-13)12(18)17-11-9(14)5-4-6-10(11)15/h4-6,16H,2-3,7-8H2,1H3,(H,17,18). The lowest BCUT2D eigenvalue weighted by molar-refractivity contribution is -0.122. The van der Waals surface area contributed by atoms with Gasteiger partial charge in [-0.15, -0.1) is 0 Å². The maximum atomic E-state index is 13.4. The molecule has 0 bridgehead atoms. The fourth-order valence-electron chi connectivity index (χ4n) is 2.12.